The molecule has 0 aromatic heterocycles. The van der Waals surface area contributed by atoms with Crippen molar-refractivity contribution < 1.29 is 0 Å². The predicted molar refractivity (Wildman–Crippen MR) is 67.7 cm³/mol. The minimum Gasteiger partial charge on any atom is -0.327 e. The van der Waals surface area contributed by atoms with Gasteiger partial charge >= 0.3 is 0 Å². The molecule has 0 aromatic rings. The van der Waals surface area contributed by atoms with E-state index in [1.54, 1.807) is 0 Å². The van der Waals surface area contributed by atoms with E-state index in [4.69, 9.17) is 5.73 Å². The minimum absolute atomic E-state index is 0.454. The third kappa shape index (κ3) is 3.79. The van der Waals surface area contributed by atoms with E-state index in [1.807, 2.05) is 0 Å². The van der Waals surface area contributed by atoms with Gasteiger partial charge in [-0.3, -0.25) is 0 Å². The lowest BCUT2D eigenvalue weighted by Crippen LogP contribution is -2.36. The third-order valence-corrected chi connectivity index (χ3v) is 4.62. The van der Waals surface area contributed by atoms with Crippen molar-refractivity contribution in [1.29, 1.82) is 0 Å². The quantitative estimate of drug-likeness (QED) is 0.751. The lowest BCUT2D eigenvalue weighted by atomic mass is 9.72. The molecule has 1 rings (SSSR count). The van der Waals surface area contributed by atoms with E-state index in [2.05, 4.69) is 27.7 Å². The van der Waals surface area contributed by atoms with Crippen LogP contribution in [0.5, 0.6) is 0 Å². The first-order valence-corrected chi connectivity index (χ1v) is 6.80. The average Bonchev–Trinajstić information content (AvgIpc) is 2.21. The van der Waals surface area contributed by atoms with Crippen LogP contribution in [0, 0.1) is 23.7 Å². The van der Waals surface area contributed by atoms with Gasteiger partial charge in [0.2, 0.25) is 0 Å². The molecule has 0 spiro atoms. The molecule has 2 N–H and O–H groups in total. The molecule has 1 fully saturated rings. The molecule has 1 nitrogen and oxygen atoms in total. The van der Waals surface area contributed by atoms with Crippen molar-refractivity contribution in [3.8, 4) is 0 Å². The van der Waals surface area contributed by atoms with Gasteiger partial charge in [-0.15, -0.1) is 0 Å². The van der Waals surface area contributed by atoms with E-state index in [1.165, 1.54) is 32.1 Å². The van der Waals surface area contributed by atoms with E-state index >= 15 is 0 Å². The van der Waals surface area contributed by atoms with Crippen molar-refractivity contribution in [1.82, 2.24) is 0 Å². The lowest BCUT2D eigenvalue weighted by Gasteiger charge is -2.36. The minimum atomic E-state index is 0.454. The number of hydrogen-bond acceptors (Lipinski definition) is 1. The Bertz CT molecular complexity index is 178. The molecule has 1 saturated carbocycles. The van der Waals surface area contributed by atoms with Gasteiger partial charge in [0.15, 0.2) is 0 Å². The first kappa shape index (κ1) is 13.0. The third-order valence-electron chi connectivity index (χ3n) is 4.62. The fourth-order valence-corrected chi connectivity index (χ4v) is 2.80. The van der Waals surface area contributed by atoms with Crippen molar-refractivity contribution in [3.05, 3.63) is 0 Å². The Morgan fingerprint density at radius 2 is 1.87 bits per heavy atom. The van der Waals surface area contributed by atoms with Crippen LogP contribution >= 0.6 is 0 Å². The molecule has 0 bridgehead atoms. The summed E-state index contributed by atoms with van der Waals surface area (Å²) in [5.41, 5.74) is 6.33. The van der Waals surface area contributed by atoms with Crippen LogP contribution in [0.25, 0.3) is 0 Å². The van der Waals surface area contributed by atoms with Crippen LogP contribution in [0.1, 0.15) is 59.8 Å². The molecule has 0 heterocycles. The molecule has 0 aliphatic heterocycles. The maximum absolute atomic E-state index is 6.33. The molecule has 5 unspecified atom stereocenters. The van der Waals surface area contributed by atoms with Gasteiger partial charge in [-0.25, -0.2) is 0 Å². The standard InChI is InChI=1S/C14H29N/c1-5-10(2)8-14(15)13-7-6-11(3)12(4)9-13/h10-14H,5-9,15H2,1-4H3. The number of nitrogens with two attached hydrogens (primary N) is 1. The highest BCUT2D eigenvalue weighted by Gasteiger charge is 2.28. The Kier molecular flexibility index (Phi) is 5.11. The number of hydrogen-bond donors (Lipinski definition) is 1. The summed E-state index contributed by atoms with van der Waals surface area (Å²) in [4.78, 5) is 0. The smallest absolute Gasteiger partial charge is 0.00697 e. The summed E-state index contributed by atoms with van der Waals surface area (Å²) in [5.74, 6) is 3.39. The van der Waals surface area contributed by atoms with E-state index in [0.717, 1.165) is 23.7 Å². The van der Waals surface area contributed by atoms with Gasteiger partial charge in [-0.1, -0.05) is 40.5 Å². The Morgan fingerprint density at radius 1 is 1.20 bits per heavy atom. The maximum Gasteiger partial charge on any atom is 0.00697 e. The molecule has 1 aliphatic rings. The second kappa shape index (κ2) is 5.89. The summed E-state index contributed by atoms with van der Waals surface area (Å²) < 4.78 is 0. The zero-order valence-electron chi connectivity index (χ0n) is 11.0. The maximum atomic E-state index is 6.33. The van der Waals surface area contributed by atoms with Crippen LogP contribution in [0.2, 0.25) is 0 Å². The van der Waals surface area contributed by atoms with Crippen LogP contribution in [-0.2, 0) is 0 Å². The van der Waals surface area contributed by atoms with Crippen LogP contribution in [0.4, 0.5) is 0 Å². The van der Waals surface area contributed by atoms with Crippen molar-refractivity contribution in [2.75, 3.05) is 0 Å². The van der Waals surface area contributed by atoms with Gasteiger partial charge in [0.05, 0.1) is 0 Å². The van der Waals surface area contributed by atoms with Gasteiger partial charge in [-0.05, 0) is 42.9 Å². The van der Waals surface area contributed by atoms with Crippen molar-refractivity contribution in [3.63, 3.8) is 0 Å². The molecule has 1 heteroatoms. The second-order valence-corrected chi connectivity index (χ2v) is 5.94. The second-order valence-electron chi connectivity index (χ2n) is 5.94. The Morgan fingerprint density at radius 3 is 2.40 bits per heavy atom. The molecular formula is C14H29N. The van der Waals surface area contributed by atoms with Gasteiger partial charge in [0, 0.05) is 6.04 Å². The summed E-state index contributed by atoms with van der Waals surface area (Å²) in [6.45, 7) is 9.38. The largest absolute Gasteiger partial charge is 0.327 e. The molecule has 0 saturated heterocycles. The van der Waals surface area contributed by atoms with Crippen LogP contribution < -0.4 is 5.73 Å². The van der Waals surface area contributed by atoms with E-state index in [0.29, 0.717) is 6.04 Å². The summed E-state index contributed by atoms with van der Waals surface area (Å²) >= 11 is 0. The molecular weight excluding hydrogens is 182 g/mol. The van der Waals surface area contributed by atoms with E-state index < -0.39 is 0 Å². The Hall–Kier alpha value is -0.0400. The Balaban J connectivity index is 2.37. The average molecular weight is 211 g/mol. The molecule has 0 aromatic carbocycles. The number of rotatable bonds is 4. The van der Waals surface area contributed by atoms with Gasteiger partial charge in [0.25, 0.3) is 0 Å². The van der Waals surface area contributed by atoms with Crippen LogP contribution in [0.3, 0.4) is 0 Å². The summed E-state index contributed by atoms with van der Waals surface area (Å²) in [5, 5.41) is 0. The molecule has 15 heavy (non-hydrogen) atoms. The van der Waals surface area contributed by atoms with Crippen molar-refractivity contribution in [2.24, 2.45) is 29.4 Å². The highest BCUT2D eigenvalue weighted by Crippen LogP contribution is 2.35. The normalized spacial score (nSPS) is 36.2. The molecule has 90 valence electrons. The topological polar surface area (TPSA) is 26.0 Å². The molecule has 1 aliphatic carbocycles. The molecule has 0 amide bonds. The summed E-state index contributed by atoms with van der Waals surface area (Å²) in [6, 6.07) is 0.454. The van der Waals surface area contributed by atoms with Gasteiger partial charge < -0.3 is 5.73 Å². The van der Waals surface area contributed by atoms with Crippen molar-refractivity contribution in [2.45, 2.75) is 65.8 Å². The monoisotopic (exact) mass is 211 g/mol. The SMILES string of the molecule is CCC(C)CC(N)C1CCC(C)C(C)C1. The van der Waals surface area contributed by atoms with Crippen LogP contribution in [-0.4, -0.2) is 6.04 Å². The van der Waals surface area contributed by atoms with E-state index in [-0.39, 0.29) is 0 Å². The van der Waals surface area contributed by atoms with E-state index in [9.17, 15) is 0 Å². The Labute approximate surface area is 95.8 Å². The van der Waals surface area contributed by atoms with Crippen molar-refractivity contribution >= 4 is 0 Å². The zero-order chi connectivity index (χ0) is 11.4. The van der Waals surface area contributed by atoms with Gasteiger partial charge in [0.1, 0.15) is 0 Å². The zero-order valence-corrected chi connectivity index (χ0v) is 11.0. The lowest BCUT2D eigenvalue weighted by molar-refractivity contribution is 0.174. The molecule has 5 atom stereocenters. The highest BCUT2D eigenvalue weighted by atomic mass is 14.7. The first-order chi connectivity index (χ1) is 7.04. The highest BCUT2D eigenvalue weighted by molar-refractivity contribution is 4.82. The predicted octanol–water partition coefficient (Wildman–Crippen LogP) is 3.82. The first-order valence-electron chi connectivity index (χ1n) is 6.80. The van der Waals surface area contributed by atoms with Gasteiger partial charge in [-0.2, -0.15) is 0 Å². The van der Waals surface area contributed by atoms with Crippen LogP contribution in [0.15, 0.2) is 0 Å². The fraction of sp³-hybridized carbons (Fsp3) is 1.00. The summed E-state index contributed by atoms with van der Waals surface area (Å²) in [6.07, 6.45) is 6.61. The fourth-order valence-electron chi connectivity index (χ4n) is 2.80. The summed E-state index contributed by atoms with van der Waals surface area (Å²) in [7, 11) is 0. The molecule has 0 radical (unpaired) electrons.